The predicted octanol–water partition coefficient (Wildman–Crippen LogP) is 4.25. The number of nitrogens with zero attached hydrogens (tertiary/aromatic N) is 2. The molecule has 0 spiro atoms. The second-order valence-corrected chi connectivity index (χ2v) is 6.22. The van der Waals surface area contributed by atoms with Crippen molar-refractivity contribution in [3.63, 3.8) is 0 Å². The van der Waals surface area contributed by atoms with Crippen LogP contribution in [0.2, 0.25) is 0 Å². The van der Waals surface area contributed by atoms with Gasteiger partial charge in [0.25, 0.3) is 5.91 Å². The molecule has 0 saturated carbocycles. The van der Waals surface area contributed by atoms with Gasteiger partial charge in [0.05, 0.1) is 27.9 Å². The number of rotatable bonds is 3. The summed E-state index contributed by atoms with van der Waals surface area (Å²) in [6.07, 6.45) is 0. The Bertz CT molecular complexity index is 1000. The fourth-order valence-corrected chi connectivity index (χ4v) is 3.28. The number of carbonyl (C=O) groups excluding carboxylic acids is 1. The molecule has 0 fully saturated rings. The number of aryl methyl sites for hydroxylation is 1. The van der Waals surface area contributed by atoms with Gasteiger partial charge < -0.3 is 10.3 Å². The van der Waals surface area contributed by atoms with E-state index in [-0.39, 0.29) is 5.91 Å². The lowest BCUT2D eigenvalue weighted by Crippen LogP contribution is -2.12. The first-order valence-corrected chi connectivity index (χ1v) is 8.36. The molecule has 4 rings (SSSR count). The van der Waals surface area contributed by atoms with Crippen LogP contribution in [0.25, 0.3) is 22.4 Å². The molecule has 118 valence electrons. The summed E-state index contributed by atoms with van der Waals surface area (Å²) in [5.74, 6) is 0.576. The van der Waals surface area contributed by atoms with Gasteiger partial charge >= 0.3 is 0 Å². The molecule has 1 amide bonds. The second kappa shape index (κ2) is 5.90. The van der Waals surface area contributed by atoms with E-state index in [1.54, 1.807) is 5.51 Å². The van der Waals surface area contributed by atoms with Crippen molar-refractivity contribution >= 4 is 34.0 Å². The molecular weight excluding hydrogens is 320 g/mol. The lowest BCUT2D eigenvalue weighted by atomic mass is 10.1. The van der Waals surface area contributed by atoms with Gasteiger partial charge in [0.1, 0.15) is 10.7 Å². The van der Waals surface area contributed by atoms with Crippen molar-refractivity contribution in [3.8, 4) is 11.4 Å². The Morgan fingerprint density at radius 3 is 2.71 bits per heavy atom. The molecule has 0 aliphatic heterocycles. The Hall–Kier alpha value is -2.99. The number of anilines is 1. The van der Waals surface area contributed by atoms with Crippen LogP contribution >= 0.6 is 11.3 Å². The number of fused-ring (bicyclic) bond motifs is 1. The number of aromatic amines is 1. The number of nitrogens with one attached hydrogen (secondary N) is 2. The van der Waals surface area contributed by atoms with Gasteiger partial charge in [0.15, 0.2) is 0 Å². The second-order valence-electron chi connectivity index (χ2n) is 5.37. The summed E-state index contributed by atoms with van der Waals surface area (Å²) in [7, 11) is 0. The quantitative estimate of drug-likeness (QED) is 0.588. The molecule has 0 aliphatic rings. The maximum Gasteiger partial charge on any atom is 0.267 e. The molecule has 0 bridgehead atoms. The van der Waals surface area contributed by atoms with Gasteiger partial charge in [-0.25, -0.2) is 9.97 Å². The molecule has 4 aromatic rings. The van der Waals surface area contributed by atoms with Gasteiger partial charge in [0.2, 0.25) is 0 Å². The molecule has 2 aromatic carbocycles. The topological polar surface area (TPSA) is 70.7 Å². The number of para-hydroxylation sites is 3. The minimum Gasteiger partial charge on any atom is -0.338 e. The molecule has 0 aliphatic carbocycles. The predicted molar refractivity (Wildman–Crippen MR) is 96.3 cm³/mol. The van der Waals surface area contributed by atoms with Crippen LogP contribution in [0, 0.1) is 6.92 Å². The zero-order valence-electron chi connectivity index (χ0n) is 12.9. The molecule has 0 atom stereocenters. The van der Waals surface area contributed by atoms with Crippen LogP contribution in [0.5, 0.6) is 0 Å². The van der Waals surface area contributed by atoms with E-state index in [0.29, 0.717) is 10.6 Å². The lowest BCUT2D eigenvalue weighted by molar-refractivity contribution is 0.103. The number of carbonyl (C=O) groups is 1. The van der Waals surface area contributed by atoms with Crippen LogP contribution in [0.3, 0.4) is 0 Å². The highest BCUT2D eigenvalue weighted by Gasteiger charge is 2.15. The summed E-state index contributed by atoms with van der Waals surface area (Å²) in [4.78, 5) is 25.1. The fraction of sp³-hybridized carbons (Fsp3) is 0.0556. The SMILES string of the molecule is Cc1ncsc1C(=O)Nc1ccccc1-c1nc2ccccc2[nH]1. The van der Waals surface area contributed by atoms with Crippen molar-refractivity contribution in [2.75, 3.05) is 5.32 Å². The Kier molecular flexibility index (Phi) is 3.59. The molecule has 5 nitrogen and oxygen atoms in total. The molecule has 6 heteroatoms. The number of hydrogen-bond donors (Lipinski definition) is 2. The van der Waals surface area contributed by atoms with Crippen molar-refractivity contribution in [2.24, 2.45) is 0 Å². The summed E-state index contributed by atoms with van der Waals surface area (Å²) < 4.78 is 0. The average Bonchev–Trinajstić information content (AvgIpc) is 3.21. The lowest BCUT2D eigenvalue weighted by Gasteiger charge is -2.08. The standard InChI is InChI=1S/C18H14N4OS/c1-11-16(24-10-19-11)18(23)22-13-7-3-2-6-12(13)17-20-14-8-4-5-9-15(14)21-17/h2-10H,1H3,(H,20,21)(H,22,23). The van der Waals surface area contributed by atoms with E-state index in [1.807, 2.05) is 55.5 Å². The van der Waals surface area contributed by atoms with Crippen molar-refractivity contribution < 1.29 is 4.79 Å². The number of amides is 1. The molecule has 2 aromatic heterocycles. The van der Waals surface area contributed by atoms with Crippen LogP contribution in [-0.2, 0) is 0 Å². The summed E-state index contributed by atoms with van der Waals surface area (Å²) in [5, 5.41) is 2.97. The Morgan fingerprint density at radius 1 is 1.12 bits per heavy atom. The number of hydrogen-bond acceptors (Lipinski definition) is 4. The Morgan fingerprint density at radius 2 is 1.92 bits per heavy atom. The third-order valence-corrected chi connectivity index (χ3v) is 4.70. The van der Waals surface area contributed by atoms with Gasteiger partial charge in [0, 0.05) is 5.56 Å². The Labute approximate surface area is 142 Å². The van der Waals surface area contributed by atoms with Gasteiger partial charge in [-0.05, 0) is 31.2 Å². The molecular formula is C18H14N4OS. The average molecular weight is 334 g/mol. The number of imidazole rings is 1. The van der Waals surface area contributed by atoms with Crippen LogP contribution in [0.4, 0.5) is 5.69 Å². The molecule has 2 N–H and O–H groups in total. The van der Waals surface area contributed by atoms with Crippen molar-refractivity contribution in [3.05, 3.63) is 64.6 Å². The van der Waals surface area contributed by atoms with E-state index in [9.17, 15) is 4.79 Å². The summed E-state index contributed by atoms with van der Waals surface area (Å²) >= 11 is 1.34. The monoisotopic (exact) mass is 334 g/mol. The van der Waals surface area contributed by atoms with Gasteiger partial charge in [-0.2, -0.15) is 0 Å². The van der Waals surface area contributed by atoms with Crippen LogP contribution in [0.1, 0.15) is 15.4 Å². The van der Waals surface area contributed by atoms with E-state index in [2.05, 4.69) is 20.3 Å². The molecule has 0 radical (unpaired) electrons. The highest BCUT2D eigenvalue weighted by atomic mass is 32.1. The molecule has 2 heterocycles. The summed E-state index contributed by atoms with van der Waals surface area (Å²) in [6, 6.07) is 15.5. The minimum atomic E-state index is -0.154. The van der Waals surface area contributed by atoms with Crippen LogP contribution in [-0.4, -0.2) is 20.9 Å². The van der Waals surface area contributed by atoms with Gasteiger partial charge in [-0.15, -0.1) is 11.3 Å². The highest BCUT2D eigenvalue weighted by Crippen LogP contribution is 2.28. The van der Waals surface area contributed by atoms with E-state index in [0.717, 1.165) is 28.1 Å². The normalized spacial score (nSPS) is 10.9. The highest BCUT2D eigenvalue weighted by molar-refractivity contribution is 7.12. The first-order chi connectivity index (χ1) is 11.7. The number of thiazole rings is 1. The Balaban J connectivity index is 1.73. The largest absolute Gasteiger partial charge is 0.338 e. The third kappa shape index (κ3) is 2.57. The number of benzene rings is 2. The summed E-state index contributed by atoms with van der Waals surface area (Å²) in [6.45, 7) is 1.83. The van der Waals surface area contributed by atoms with Crippen molar-refractivity contribution in [1.82, 2.24) is 15.0 Å². The molecule has 0 saturated heterocycles. The number of H-pyrrole nitrogens is 1. The molecule has 24 heavy (non-hydrogen) atoms. The summed E-state index contributed by atoms with van der Waals surface area (Å²) in [5.41, 5.74) is 5.84. The first-order valence-electron chi connectivity index (χ1n) is 7.48. The van der Waals surface area contributed by atoms with E-state index in [1.165, 1.54) is 11.3 Å². The minimum absolute atomic E-state index is 0.154. The maximum atomic E-state index is 12.5. The maximum absolute atomic E-state index is 12.5. The van der Waals surface area contributed by atoms with E-state index >= 15 is 0 Å². The van der Waals surface area contributed by atoms with Crippen LogP contribution in [0.15, 0.2) is 54.0 Å². The van der Waals surface area contributed by atoms with Gasteiger partial charge in [-0.1, -0.05) is 24.3 Å². The van der Waals surface area contributed by atoms with E-state index < -0.39 is 0 Å². The zero-order valence-corrected chi connectivity index (χ0v) is 13.7. The van der Waals surface area contributed by atoms with Gasteiger partial charge in [-0.3, -0.25) is 4.79 Å². The van der Waals surface area contributed by atoms with Crippen molar-refractivity contribution in [2.45, 2.75) is 6.92 Å². The van der Waals surface area contributed by atoms with Crippen LogP contribution < -0.4 is 5.32 Å². The fourth-order valence-electron chi connectivity index (χ4n) is 2.58. The smallest absolute Gasteiger partial charge is 0.267 e. The van der Waals surface area contributed by atoms with Crippen molar-refractivity contribution in [1.29, 1.82) is 0 Å². The first kappa shape index (κ1) is 14.6. The molecule has 0 unspecified atom stereocenters. The number of aromatic nitrogens is 3. The van der Waals surface area contributed by atoms with E-state index in [4.69, 9.17) is 0 Å². The third-order valence-electron chi connectivity index (χ3n) is 3.77. The zero-order chi connectivity index (χ0) is 16.5.